The Kier molecular flexibility index (Phi) is 7.40. The molecule has 1 aromatic heterocycles. The van der Waals surface area contributed by atoms with Gasteiger partial charge in [0.05, 0.1) is 36.2 Å². The Morgan fingerprint density at radius 1 is 0.925 bits per heavy atom. The second-order valence-corrected chi connectivity index (χ2v) is 14.1. The van der Waals surface area contributed by atoms with E-state index < -0.39 is 6.34 Å². The van der Waals surface area contributed by atoms with Crippen molar-refractivity contribution >= 4 is 63.8 Å². The molecule has 0 spiro atoms. The van der Waals surface area contributed by atoms with E-state index >= 15 is 0 Å². The number of benzene rings is 3. The van der Waals surface area contributed by atoms with E-state index in [1.165, 1.54) is 0 Å². The quantitative estimate of drug-likeness (QED) is 0.129. The number of thiocarbonyl (C=S) groups is 1. The second-order valence-electron chi connectivity index (χ2n) is 9.54. The van der Waals surface area contributed by atoms with Crippen LogP contribution in [0, 0.1) is 4.71 Å². The monoisotopic (exact) mass is 606 g/mol. The molecule has 4 aromatic rings. The molecule has 6 nitrogen and oxygen atoms in total. The van der Waals surface area contributed by atoms with Gasteiger partial charge in [-0.25, -0.2) is 0 Å². The predicted molar refractivity (Wildman–Crippen MR) is 169 cm³/mol. The molecular weight excluding hydrogens is 580 g/mol. The number of hydrogen-bond donors (Lipinski definition) is 2. The first-order chi connectivity index (χ1) is 19.4. The maximum Gasteiger partial charge on any atom is 0.205 e. The van der Waals surface area contributed by atoms with Gasteiger partial charge < -0.3 is 28.8 Å². The van der Waals surface area contributed by atoms with Crippen molar-refractivity contribution in [1.29, 1.82) is 0 Å². The summed E-state index contributed by atoms with van der Waals surface area (Å²) in [6.07, 6.45) is -0.501. The van der Waals surface area contributed by atoms with Gasteiger partial charge in [-0.3, -0.25) is 0 Å². The van der Waals surface area contributed by atoms with Gasteiger partial charge in [-0.2, -0.15) is 0 Å². The minimum absolute atomic E-state index is 0.337. The molecule has 40 heavy (non-hydrogen) atoms. The Balaban J connectivity index is 1.49. The van der Waals surface area contributed by atoms with Gasteiger partial charge in [0.15, 0.2) is 11.0 Å². The van der Waals surface area contributed by atoms with Gasteiger partial charge in [0.25, 0.3) is 0 Å². The molecule has 2 aliphatic heterocycles. The van der Waals surface area contributed by atoms with E-state index in [0.29, 0.717) is 33.5 Å². The van der Waals surface area contributed by atoms with Gasteiger partial charge in [0, 0.05) is 5.30 Å². The summed E-state index contributed by atoms with van der Waals surface area (Å²) in [5.74, 6) is 2.42. The molecule has 10 heteroatoms. The van der Waals surface area contributed by atoms with Crippen molar-refractivity contribution in [2.24, 2.45) is 0 Å². The van der Waals surface area contributed by atoms with Crippen LogP contribution in [0.3, 0.4) is 0 Å². The van der Waals surface area contributed by atoms with Gasteiger partial charge in [0.2, 0.25) is 5.88 Å². The van der Waals surface area contributed by atoms with E-state index in [1.807, 2.05) is 72.8 Å². The topological polar surface area (TPSA) is 64.9 Å². The lowest BCUT2D eigenvalue weighted by atomic mass is 9.83. The molecule has 3 heterocycles. The van der Waals surface area contributed by atoms with E-state index in [-0.39, 0.29) is 5.92 Å². The SMILES string of the molecule is CCCCOc1ccc(C2C3=C(NP(=S)(c4ccc(OC)cc4)NC3=S)Oc3c2c(=S)oc2ccccc32)cc1. The summed E-state index contributed by atoms with van der Waals surface area (Å²) in [5.41, 5.74) is 3.17. The van der Waals surface area contributed by atoms with Crippen molar-refractivity contribution in [3.63, 3.8) is 0 Å². The first kappa shape index (κ1) is 27.0. The molecule has 0 radical (unpaired) electrons. The van der Waals surface area contributed by atoms with Crippen LogP contribution in [0.15, 0.2) is 88.7 Å². The third-order valence-corrected chi connectivity index (χ3v) is 11.0. The fourth-order valence-electron chi connectivity index (χ4n) is 4.96. The summed E-state index contributed by atoms with van der Waals surface area (Å²) < 4.78 is 24.4. The van der Waals surface area contributed by atoms with Crippen LogP contribution in [0.25, 0.3) is 11.0 Å². The Hall–Kier alpha value is -3.23. The van der Waals surface area contributed by atoms with E-state index in [2.05, 4.69) is 17.1 Å². The predicted octanol–water partition coefficient (Wildman–Crippen LogP) is 7.24. The van der Waals surface area contributed by atoms with Crippen molar-refractivity contribution in [2.45, 2.75) is 25.7 Å². The molecule has 0 fully saturated rings. The van der Waals surface area contributed by atoms with Crippen LogP contribution in [0.2, 0.25) is 0 Å². The first-order valence-corrected chi connectivity index (χ1v) is 16.6. The first-order valence-electron chi connectivity index (χ1n) is 13.0. The van der Waals surface area contributed by atoms with Crippen LogP contribution in [0.4, 0.5) is 0 Å². The third kappa shape index (κ3) is 4.81. The lowest BCUT2D eigenvalue weighted by Gasteiger charge is -2.39. The molecule has 3 aromatic carbocycles. The fourth-order valence-corrected chi connectivity index (χ4v) is 8.69. The molecule has 0 aliphatic carbocycles. The number of unbranched alkanes of at least 4 members (excludes halogenated alkanes) is 1. The highest BCUT2D eigenvalue weighted by Gasteiger charge is 2.42. The smallest absolute Gasteiger partial charge is 0.205 e. The molecule has 204 valence electrons. The van der Waals surface area contributed by atoms with Crippen molar-refractivity contribution in [3.05, 3.63) is 100 Å². The zero-order valence-corrected chi connectivity index (χ0v) is 25.3. The highest BCUT2D eigenvalue weighted by Crippen LogP contribution is 2.52. The molecule has 0 bridgehead atoms. The van der Waals surface area contributed by atoms with E-state index in [1.54, 1.807) is 7.11 Å². The molecule has 2 atom stereocenters. The zero-order chi connectivity index (χ0) is 27.9. The number of fused-ring (bicyclic) bond motifs is 3. The Labute approximate surface area is 248 Å². The highest BCUT2D eigenvalue weighted by atomic mass is 32.4. The lowest BCUT2D eigenvalue weighted by Crippen LogP contribution is -2.43. The van der Waals surface area contributed by atoms with Gasteiger partial charge in [-0.05, 0) is 84.5 Å². The lowest BCUT2D eigenvalue weighted by molar-refractivity contribution is 0.309. The summed E-state index contributed by atoms with van der Waals surface area (Å²) >= 11 is 18.0. The molecule has 2 N–H and O–H groups in total. The average molecular weight is 607 g/mol. The second kappa shape index (κ2) is 11.0. The van der Waals surface area contributed by atoms with E-state index in [0.717, 1.165) is 51.7 Å². The molecule has 0 saturated heterocycles. The molecule has 0 amide bonds. The summed E-state index contributed by atoms with van der Waals surface area (Å²) in [6.45, 7) is 2.82. The number of rotatable bonds is 7. The van der Waals surface area contributed by atoms with E-state index in [4.69, 9.17) is 54.9 Å². The molecule has 2 aliphatic rings. The van der Waals surface area contributed by atoms with Gasteiger partial charge in [-0.15, -0.1) is 0 Å². The largest absolute Gasteiger partial charge is 0.497 e. The van der Waals surface area contributed by atoms with Crippen LogP contribution in [-0.2, 0) is 11.8 Å². The fraction of sp³-hybridized carbons (Fsp3) is 0.200. The normalized spacial score (nSPS) is 19.6. The highest BCUT2D eigenvalue weighted by molar-refractivity contribution is 8.17. The number of ether oxygens (including phenoxy) is 3. The van der Waals surface area contributed by atoms with Crippen LogP contribution in [0.1, 0.15) is 36.8 Å². The van der Waals surface area contributed by atoms with Crippen molar-refractivity contribution < 1.29 is 18.6 Å². The van der Waals surface area contributed by atoms with Gasteiger partial charge in [0.1, 0.15) is 27.8 Å². The summed E-state index contributed by atoms with van der Waals surface area (Å²) in [7, 11) is 1.64. The third-order valence-electron chi connectivity index (χ3n) is 7.00. The maximum absolute atomic E-state index is 6.63. The molecule has 2 unspecified atom stereocenters. The Morgan fingerprint density at radius 2 is 1.65 bits per heavy atom. The molecule has 0 saturated carbocycles. The van der Waals surface area contributed by atoms with Crippen LogP contribution in [-0.4, -0.2) is 18.7 Å². The van der Waals surface area contributed by atoms with E-state index in [9.17, 15) is 0 Å². The van der Waals surface area contributed by atoms with Crippen LogP contribution < -0.4 is 29.7 Å². The maximum atomic E-state index is 6.63. The minimum atomic E-state index is -2.58. The summed E-state index contributed by atoms with van der Waals surface area (Å²) in [4.78, 5) is 0.523. The van der Waals surface area contributed by atoms with Crippen LogP contribution >= 0.6 is 30.8 Å². The zero-order valence-electron chi connectivity index (χ0n) is 21.9. The standard InChI is InChI=1S/C30H27N2O4PS3/c1-3-4-17-34-20-11-9-18(10-12-20)24-25-27(22-7-5-6-8-23(22)35-30(25)39)36-28-26(24)29(38)32-37(40,31-28)21-15-13-19(33-2)14-16-21/h5-16,24H,3-4,17H2,1-2H3,(H2,31,32,38,40). The number of methoxy groups -OCH3 is 1. The number of nitrogens with one attached hydrogen (secondary N) is 2. The number of hydrogen-bond acceptors (Lipinski definition) is 7. The number of para-hydroxylation sites is 1. The summed E-state index contributed by atoms with van der Waals surface area (Å²) in [5, 5.41) is 8.73. The Morgan fingerprint density at radius 3 is 2.38 bits per heavy atom. The Bertz CT molecular complexity index is 1750. The van der Waals surface area contributed by atoms with Crippen LogP contribution in [0.5, 0.6) is 17.2 Å². The average Bonchev–Trinajstić information content (AvgIpc) is 2.97. The van der Waals surface area contributed by atoms with Crippen molar-refractivity contribution in [3.8, 4) is 17.2 Å². The van der Waals surface area contributed by atoms with Gasteiger partial charge in [-0.1, -0.05) is 49.8 Å². The minimum Gasteiger partial charge on any atom is -0.497 e. The van der Waals surface area contributed by atoms with Gasteiger partial charge >= 0.3 is 0 Å². The van der Waals surface area contributed by atoms with Crippen molar-refractivity contribution in [1.82, 2.24) is 10.2 Å². The molecular formula is C30H27N2O4PS3. The molecule has 6 rings (SSSR count). The van der Waals surface area contributed by atoms with Crippen molar-refractivity contribution in [2.75, 3.05) is 13.7 Å². The summed E-state index contributed by atoms with van der Waals surface area (Å²) in [6, 6.07) is 23.5.